The molecule has 1 aliphatic heterocycles. The van der Waals surface area contributed by atoms with Gasteiger partial charge in [0.05, 0.1) is 22.2 Å². The van der Waals surface area contributed by atoms with E-state index in [9.17, 15) is 9.90 Å². The van der Waals surface area contributed by atoms with Gasteiger partial charge < -0.3 is 29.5 Å². The van der Waals surface area contributed by atoms with E-state index in [0.717, 1.165) is 0 Å². The third-order valence-electron chi connectivity index (χ3n) is 4.97. The molecule has 2 atom stereocenters. The third kappa shape index (κ3) is 4.17. The predicted molar refractivity (Wildman–Crippen MR) is 108 cm³/mol. The van der Waals surface area contributed by atoms with Crippen LogP contribution in [0, 0.1) is 6.92 Å². The van der Waals surface area contributed by atoms with E-state index < -0.39 is 5.60 Å². The van der Waals surface area contributed by atoms with Gasteiger partial charge in [0, 0.05) is 32.0 Å². The summed E-state index contributed by atoms with van der Waals surface area (Å²) < 4.78 is 11.4. The van der Waals surface area contributed by atoms with Gasteiger partial charge in [-0.15, -0.1) is 0 Å². The first-order valence-electron chi connectivity index (χ1n) is 9.06. The summed E-state index contributed by atoms with van der Waals surface area (Å²) >= 11 is 12.2. The topological polar surface area (TPSA) is 90.7 Å². The number of piperidine rings is 1. The summed E-state index contributed by atoms with van der Waals surface area (Å²) in [4.78, 5) is 17.6. The molecule has 9 heteroatoms. The number of hydrogen-bond acceptors (Lipinski definition) is 5. The van der Waals surface area contributed by atoms with Gasteiger partial charge in [-0.2, -0.15) is 0 Å². The summed E-state index contributed by atoms with van der Waals surface area (Å²) in [7, 11) is 1.61. The highest BCUT2D eigenvalue weighted by Crippen LogP contribution is 2.31. The highest BCUT2D eigenvalue weighted by molar-refractivity contribution is 6.44. The number of anilines is 1. The molecular weight excluding hydrogens is 405 g/mol. The Morgan fingerprint density at radius 2 is 2.11 bits per heavy atom. The molecule has 2 aromatic rings. The van der Waals surface area contributed by atoms with Crippen LogP contribution in [0.5, 0.6) is 0 Å². The van der Waals surface area contributed by atoms with Crippen LogP contribution in [0.15, 0.2) is 16.5 Å². The molecular formula is C19H25Cl2N3O4. The minimum atomic E-state index is -1.04. The number of aryl methyl sites for hydroxylation is 1. The predicted octanol–water partition coefficient (Wildman–Crippen LogP) is 3.47. The average Bonchev–Trinajstić information content (AvgIpc) is 3.23. The van der Waals surface area contributed by atoms with Crippen molar-refractivity contribution in [3.63, 3.8) is 0 Å². The Hall–Kier alpha value is -1.67. The van der Waals surface area contributed by atoms with Crippen LogP contribution in [-0.4, -0.2) is 48.3 Å². The Kier molecular flexibility index (Phi) is 6.00. The number of aromatic nitrogens is 1. The van der Waals surface area contributed by atoms with E-state index in [0.29, 0.717) is 41.9 Å². The number of hydrogen-bond donors (Lipinski definition) is 3. The normalized spacial score (nSPS) is 20.5. The minimum absolute atomic E-state index is 0.184. The summed E-state index contributed by atoms with van der Waals surface area (Å²) in [6, 6.07) is 3.42. The van der Waals surface area contributed by atoms with Crippen molar-refractivity contribution in [1.29, 1.82) is 0 Å². The van der Waals surface area contributed by atoms with Crippen molar-refractivity contribution in [3.05, 3.63) is 39.3 Å². The number of nitrogens with one attached hydrogen (secondary N) is 2. The van der Waals surface area contributed by atoms with Crippen molar-refractivity contribution in [2.75, 3.05) is 25.1 Å². The molecule has 1 unspecified atom stereocenters. The van der Waals surface area contributed by atoms with E-state index >= 15 is 0 Å². The fraction of sp³-hybridized carbons (Fsp3) is 0.526. The molecule has 3 heterocycles. The van der Waals surface area contributed by atoms with Crippen LogP contribution < -0.4 is 10.2 Å². The number of carbonyl (C=O) groups is 1. The molecule has 0 saturated carbocycles. The lowest BCUT2D eigenvalue weighted by Gasteiger charge is -2.38. The van der Waals surface area contributed by atoms with Gasteiger partial charge in [-0.25, -0.2) is 0 Å². The monoisotopic (exact) mass is 429 g/mol. The largest absolute Gasteiger partial charge is 0.443 e. The second kappa shape index (κ2) is 7.99. The molecule has 0 radical (unpaired) electrons. The maximum absolute atomic E-state index is 12.6. The Bertz CT molecular complexity index is 856. The first-order chi connectivity index (χ1) is 13.1. The summed E-state index contributed by atoms with van der Waals surface area (Å²) in [6.45, 7) is 6.32. The van der Waals surface area contributed by atoms with Crippen LogP contribution in [-0.2, 0) is 10.3 Å². The number of ether oxygens (including phenoxy) is 1. The number of H-pyrrole nitrogens is 1. The second-order valence-corrected chi connectivity index (χ2v) is 8.29. The summed E-state index contributed by atoms with van der Waals surface area (Å²) in [5.74, 6) is 0.849. The lowest BCUT2D eigenvalue weighted by atomic mass is 10.0. The van der Waals surface area contributed by atoms with Crippen LogP contribution in [0.4, 0.5) is 5.88 Å². The number of methoxy groups -OCH3 is 1. The number of aliphatic hydroxyl groups is 1. The fourth-order valence-electron chi connectivity index (χ4n) is 3.32. The first kappa shape index (κ1) is 21.0. The van der Waals surface area contributed by atoms with Crippen molar-refractivity contribution in [3.8, 4) is 0 Å². The molecule has 1 fully saturated rings. The maximum atomic E-state index is 12.6. The van der Waals surface area contributed by atoms with Crippen molar-refractivity contribution in [2.45, 2.75) is 44.9 Å². The van der Waals surface area contributed by atoms with Crippen LogP contribution in [0.1, 0.15) is 42.2 Å². The smallest absolute Gasteiger partial charge is 0.269 e. The number of aromatic amines is 1. The van der Waals surface area contributed by atoms with Crippen molar-refractivity contribution in [2.24, 2.45) is 0 Å². The van der Waals surface area contributed by atoms with Gasteiger partial charge in [-0.3, -0.25) is 4.79 Å². The van der Waals surface area contributed by atoms with Gasteiger partial charge in [0.1, 0.15) is 17.1 Å². The SMILES string of the molecule is CO[C@H]1CN(c2ccc(C(C)(C)O)o2)CCC1NC(=O)c1[nH]c(C)c(Cl)c1Cl. The molecule has 154 valence electrons. The van der Waals surface area contributed by atoms with Crippen LogP contribution in [0.3, 0.4) is 0 Å². The summed E-state index contributed by atoms with van der Waals surface area (Å²) in [5.41, 5.74) is -0.141. The molecule has 1 amide bonds. The van der Waals surface area contributed by atoms with Crippen LogP contribution in [0.2, 0.25) is 10.0 Å². The Morgan fingerprint density at radius 1 is 1.39 bits per heavy atom. The number of amides is 1. The molecule has 3 rings (SSSR count). The minimum Gasteiger partial charge on any atom is -0.443 e. The summed E-state index contributed by atoms with van der Waals surface area (Å²) in [6.07, 6.45) is 0.423. The van der Waals surface area contributed by atoms with Gasteiger partial charge in [0.2, 0.25) is 0 Å². The molecule has 0 aliphatic carbocycles. The van der Waals surface area contributed by atoms with E-state index in [1.54, 1.807) is 33.9 Å². The molecule has 7 nitrogen and oxygen atoms in total. The summed E-state index contributed by atoms with van der Waals surface area (Å²) in [5, 5.41) is 13.6. The number of carbonyl (C=O) groups excluding carboxylic acids is 1. The van der Waals surface area contributed by atoms with E-state index in [1.807, 2.05) is 11.0 Å². The number of furan rings is 1. The number of rotatable bonds is 5. The lowest BCUT2D eigenvalue weighted by molar-refractivity contribution is 0.0488. The highest BCUT2D eigenvalue weighted by Gasteiger charge is 2.33. The average molecular weight is 430 g/mol. The van der Waals surface area contributed by atoms with Crippen molar-refractivity contribution in [1.82, 2.24) is 10.3 Å². The highest BCUT2D eigenvalue weighted by atomic mass is 35.5. The fourth-order valence-corrected chi connectivity index (χ4v) is 3.73. The molecule has 0 aromatic carbocycles. The quantitative estimate of drug-likeness (QED) is 0.676. The van der Waals surface area contributed by atoms with Crippen LogP contribution >= 0.6 is 23.2 Å². The lowest BCUT2D eigenvalue weighted by Crippen LogP contribution is -2.55. The Balaban J connectivity index is 1.68. The molecule has 1 aliphatic rings. The molecule has 2 aromatic heterocycles. The first-order valence-corrected chi connectivity index (χ1v) is 9.82. The zero-order chi connectivity index (χ0) is 20.6. The van der Waals surface area contributed by atoms with Crippen molar-refractivity contribution < 1.29 is 19.1 Å². The van der Waals surface area contributed by atoms with E-state index in [2.05, 4.69) is 10.3 Å². The molecule has 1 saturated heterocycles. The molecule has 28 heavy (non-hydrogen) atoms. The maximum Gasteiger partial charge on any atom is 0.269 e. The second-order valence-electron chi connectivity index (χ2n) is 7.54. The van der Waals surface area contributed by atoms with Gasteiger partial charge in [-0.05, 0) is 33.3 Å². The van der Waals surface area contributed by atoms with Gasteiger partial charge in [0.25, 0.3) is 5.91 Å². The zero-order valence-corrected chi connectivity index (χ0v) is 17.8. The van der Waals surface area contributed by atoms with E-state index in [1.165, 1.54) is 0 Å². The number of nitrogens with zero attached hydrogens (tertiary/aromatic N) is 1. The number of halogens is 2. The molecule has 3 N–H and O–H groups in total. The van der Waals surface area contributed by atoms with Gasteiger partial charge in [0.15, 0.2) is 5.88 Å². The van der Waals surface area contributed by atoms with Gasteiger partial charge in [-0.1, -0.05) is 23.2 Å². The molecule has 0 spiro atoms. The third-order valence-corrected chi connectivity index (χ3v) is 5.91. The van der Waals surface area contributed by atoms with Crippen molar-refractivity contribution >= 4 is 35.0 Å². The van der Waals surface area contributed by atoms with E-state index in [-0.39, 0.29) is 28.8 Å². The van der Waals surface area contributed by atoms with Crippen LogP contribution in [0.25, 0.3) is 0 Å². The standard InChI is InChI=1S/C19H25Cl2N3O4/c1-10-15(20)16(21)17(22-10)18(25)23-11-7-8-24(9-12(11)27-4)14-6-5-13(28-14)19(2,3)26/h5-6,11-12,22,26H,7-9H2,1-4H3,(H,23,25)/t11?,12-/m0/s1. The molecule has 0 bridgehead atoms. The van der Waals surface area contributed by atoms with Gasteiger partial charge >= 0.3 is 0 Å². The van der Waals surface area contributed by atoms with E-state index in [4.69, 9.17) is 32.4 Å². The zero-order valence-electron chi connectivity index (χ0n) is 16.3. The Labute approximate surface area is 173 Å². The Morgan fingerprint density at radius 3 is 2.64 bits per heavy atom.